The van der Waals surface area contributed by atoms with E-state index in [4.69, 9.17) is 0 Å². The van der Waals surface area contributed by atoms with Gasteiger partial charge in [-0.15, -0.1) is 0 Å². The lowest BCUT2D eigenvalue weighted by Gasteiger charge is -2.31. The molecule has 30 heavy (non-hydrogen) atoms. The van der Waals surface area contributed by atoms with Crippen LogP contribution in [-0.4, -0.2) is 32.8 Å². The number of aliphatic hydroxyl groups is 1. The highest BCUT2D eigenvalue weighted by atomic mass is 19.4. The fourth-order valence-electron chi connectivity index (χ4n) is 3.18. The van der Waals surface area contributed by atoms with E-state index in [1.165, 1.54) is 36.4 Å². The molecule has 0 saturated carbocycles. The van der Waals surface area contributed by atoms with Crippen molar-refractivity contribution in [3.63, 3.8) is 0 Å². The molecule has 1 aliphatic rings. The molecule has 10 heteroatoms. The van der Waals surface area contributed by atoms with Gasteiger partial charge in [0.05, 0.1) is 17.8 Å². The summed E-state index contributed by atoms with van der Waals surface area (Å²) >= 11 is 0. The zero-order chi connectivity index (χ0) is 22.1. The lowest BCUT2D eigenvalue weighted by molar-refractivity contribution is -0.384. The maximum Gasteiger partial charge on any atom is 0.431 e. The third-order valence-electron chi connectivity index (χ3n) is 4.88. The molecule has 2 aromatic carbocycles. The number of hydrogen-bond donors (Lipinski definition) is 1. The van der Waals surface area contributed by atoms with Crippen molar-refractivity contribution >= 4 is 17.3 Å². The lowest BCUT2D eigenvalue weighted by Crippen LogP contribution is -2.44. The van der Waals surface area contributed by atoms with E-state index in [-0.39, 0.29) is 17.7 Å². The number of nitro groups is 1. The van der Waals surface area contributed by atoms with Gasteiger partial charge in [0.1, 0.15) is 5.71 Å². The van der Waals surface area contributed by atoms with E-state index in [1.807, 2.05) is 6.92 Å². The van der Waals surface area contributed by atoms with Crippen LogP contribution in [0.1, 0.15) is 30.0 Å². The van der Waals surface area contributed by atoms with Crippen molar-refractivity contribution in [2.75, 3.05) is 0 Å². The van der Waals surface area contributed by atoms with Crippen LogP contribution in [0.2, 0.25) is 0 Å². The third-order valence-corrected chi connectivity index (χ3v) is 4.88. The maximum absolute atomic E-state index is 13.3. The molecular formula is C20H18F3N3O4. The molecule has 1 N–H and O–H groups in total. The van der Waals surface area contributed by atoms with Crippen LogP contribution >= 0.6 is 0 Å². The summed E-state index contributed by atoms with van der Waals surface area (Å²) in [5.41, 5.74) is -2.36. The SMILES string of the molecule is CCc1ccc([C@@]2(O)CC(C(F)(F)F)=NN2C(=O)Cc2ccc([N+](=O)[O-])cc2)cc1. The van der Waals surface area contributed by atoms with Gasteiger partial charge in [-0.25, -0.2) is 0 Å². The van der Waals surface area contributed by atoms with Gasteiger partial charge in [-0.3, -0.25) is 14.9 Å². The van der Waals surface area contributed by atoms with Crippen LogP contribution in [0.3, 0.4) is 0 Å². The summed E-state index contributed by atoms with van der Waals surface area (Å²) in [7, 11) is 0. The first kappa shape index (κ1) is 21.4. The number of amides is 1. The van der Waals surface area contributed by atoms with Gasteiger partial charge in [0.2, 0.25) is 5.91 Å². The Morgan fingerprint density at radius 2 is 1.73 bits per heavy atom. The van der Waals surface area contributed by atoms with Gasteiger partial charge in [-0.05, 0) is 17.5 Å². The van der Waals surface area contributed by atoms with Gasteiger partial charge in [0, 0.05) is 17.7 Å². The zero-order valence-corrected chi connectivity index (χ0v) is 15.9. The van der Waals surface area contributed by atoms with E-state index in [9.17, 15) is 33.2 Å². The van der Waals surface area contributed by atoms with Crippen LogP contribution in [0, 0.1) is 10.1 Å². The number of nitrogens with zero attached hydrogens (tertiary/aromatic N) is 3. The van der Waals surface area contributed by atoms with Gasteiger partial charge in [0.15, 0.2) is 5.72 Å². The lowest BCUT2D eigenvalue weighted by atomic mass is 9.95. The van der Waals surface area contributed by atoms with Crippen LogP contribution < -0.4 is 0 Å². The van der Waals surface area contributed by atoms with E-state index >= 15 is 0 Å². The van der Waals surface area contributed by atoms with E-state index < -0.39 is 34.9 Å². The van der Waals surface area contributed by atoms with Gasteiger partial charge in [-0.2, -0.15) is 23.3 Å². The molecule has 0 unspecified atom stereocenters. The highest BCUT2D eigenvalue weighted by molar-refractivity contribution is 5.95. The number of benzene rings is 2. The van der Waals surface area contributed by atoms with Crippen molar-refractivity contribution in [1.82, 2.24) is 5.01 Å². The summed E-state index contributed by atoms with van der Waals surface area (Å²) in [6.07, 6.45) is -5.39. The Balaban J connectivity index is 1.92. The molecule has 0 fully saturated rings. The molecule has 0 radical (unpaired) electrons. The van der Waals surface area contributed by atoms with E-state index in [2.05, 4.69) is 5.10 Å². The van der Waals surface area contributed by atoms with E-state index in [1.54, 1.807) is 12.1 Å². The van der Waals surface area contributed by atoms with Gasteiger partial charge < -0.3 is 5.11 Å². The number of rotatable bonds is 5. The highest BCUT2D eigenvalue weighted by Crippen LogP contribution is 2.40. The predicted molar refractivity (Wildman–Crippen MR) is 101 cm³/mol. The third kappa shape index (κ3) is 4.18. The molecule has 158 valence electrons. The minimum atomic E-state index is -4.81. The van der Waals surface area contributed by atoms with Crippen LogP contribution in [0.15, 0.2) is 53.6 Å². The average molecular weight is 421 g/mol. The second-order valence-electron chi connectivity index (χ2n) is 6.89. The van der Waals surface area contributed by atoms with E-state index in [0.29, 0.717) is 17.0 Å². The number of hydrogen-bond acceptors (Lipinski definition) is 5. The van der Waals surface area contributed by atoms with Crippen LogP contribution in [0.4, 0.5) is 18.9 Å². The van der Waals surface area contributed by atoms with Crippen molar-refractivity contribution in [2.45, 2.75) is 38.1 Å². The standard InChI is InChI=1S/C20H18F3N3O4/c1-2-13-3-7-15(8-4-13)19(28)12-17(20(21,22)23)24-25(19)18(27)11-14-5-9-16(10-6-14)26(29)30/h3-10,28H,2,11-12H2,1H3/t19-/m0/s1. The number of carbonyl (C=O) groups is 1. The highest BCUT2D eigenvalue weighted by Gasteiger charge is 2.52. The number of nitro benzene ring substituents is 1. The summed E-state index contributed by atoms with van der Waals surface area (Å²) in [5.74, 6) is -0.870. The molecule has 0 aliphatic carbocycles. The minimum Gasteiger partial charge on any atom is -0.365 e. The van der Waals surface area contributed by atoms with Crippen LogP contribution in [-0.2, 0) is 23.4 Å². The van der Waals surface area contributed by atoms with Gasteiger partial charge in [0.25, 0.3) is 5.69 Å². The molecule has 2 aromatic rings. The molecule has 1 aliphatic heterocycles. The molecule has 0 aromatic heterocycles. The van der Waals surface area contributed by atoms with Crippen LogP contribution in [0.5, 0.6) is 0 Å². The van der Waals surface area contributed by atoms with Gasteiger partial charge >= 0.3 is 6.18 Å². The summed E-state index contributed by atoms with van der Waals surface area (Å²) in [5, 5.41) is 25.7. The molecule has 1 heterocycles. The Hall–Kier alpha value is -3.27. The Labute approximate surface area is 169 Å². The van der Waals surface area contributed by atoms with Gasteiger partial charge in [-0.1, -0.05) is 43.3 Å². The molecule has 0 saturated heterocycles. The normalized spacial score (nSPS) is 19.0. The van der Waals surface area contributed by atoms with Crippen molar-refractivity contribution in [3.8, 4) is 0 Å². The Bertz CT molecular complexity index is 988. The molecule has 1 atom stereocenters. The Morgan fingerprint density at radius 1 is 1.17 bits per heavy atom. The fourth-order valence-corrected chi connectivity index (χ4v) is 3.18. The second kappa shape index (κ2) is 7.86. The first-order chi connectivity index (χ1) is 14.0. The largest absolute Gasteiger partial charge is 0.431 e. The molecule has 0 spiro atoms. The molecule has 1 amide bonds. The summed E-state index contributed by atoms with van der Waals surface area (Å²) in [6, 6.07) is 11.3. The number of hydrazone groups is 1. The molecular weight excluding hydrogens is 403 g/mol. The molecule has 7 nitrogen and oxygen atoms in total. The number of non-ortho nitro benzene ring substituents is 1. The first-order valence-electron chi connectivity index (χ1n) is 9.07. The maximum atomic E-state index is 13.3. The predicted octanol–water partition coefficient (Wildman–Crippen LogP) is 3.70. The number of alkyl halides is 3. The topological polar surface area (TPSA) is 96.0 Å². The van der Waals surface area contributed by atoms with Crippen LogP contribution in [0.25, 0.3) is 0 Å². The number of halogens is 3. The quantitative estimate of drug-likeness (QED) is 0.588. The van der Waals surface area contributed by atoms with Crippen molar-refractivity contribution in [1.29, 1.82) is 0 Å². The summed E-state index contributed by atoms with van der Waals surface area (Å²) in [6.45, 7) is 1.91. The Kier molecular flexibility index (Phi) is 5.62. The zero-order valence-electron chi connectivity index (χ0n) is 15.9. The van der Waals surface area contributed by atoms with Crippen molar-refractivity contribution in [3.05, 3.63) is 75.3 Å². The Morgan fingerprint density at radius 3 is 2.23 bits per heavy atom. The summed E-state index contributed by atoms with van der Waals surface area (Å²) in [4.78, 5) is 22.9. The monoisotopic (exact) mass is 421 g/mol. The fraction of sp³-hybridized carbons (Fsp3) is 0.300. The van der Waals surface area contributed by atoms with Crippen molar-refractivity contribution < 1.29 is 28.0 Å². The first-order valence-corrected chi connectivity index (χ1v) is 9.07. The second-order valence-corrected chi connectivity index (χ2v) is 6.89. The molecule has 0 bridgehead atoms. The molecule has 3 rings (SSSR count). The summed E-state index contributed by atoms with van der Waals surface area (Å²) < 4.78 is 39.8. The number of aryl methyl sites for hydroxylation is 1. The van der Waals surface area contributed by atoms with Crippen molar-refractivity contribution in [2.24, 2.45) is 5.10 Å². The minimum absolute atomic E-state index is 0.111. The van der Waals surface area contributed by atoms with E-state index in [0.717, 1.165) is 5.56 Å². The smallest absolute Gasteiger partial charge is 0.365 e. The number of carbonyl (C=O) groups excluding carboxylic acids is 1. The average Bonchev–Trinajstić information content (AvgIpc) is 3.08.